The molecule has 0 N–H and O–H groups in total. The molecule has 0 amide bonds. The minimum Gasteiger partial charge on any atom is -0.0961 e. The van der Waals surface area contributed by atoms with E-state index < -0.39 is 0 Å². The Kier molecular flexibility index (Phi) is 2.97. The van der Waals surface area contributed by atoms with Gasteiger partial charge >= 0.3 is 0 Å². The standard InChI is InChI=1S/C19H22/c1-14(2)13-18-15(3)16-9-5-6-10-17(16)19(18)11-7-4-8-12-19/h5-6,9-10,13H,1,3-4,7-8,11-12H2,2H3/b18-13+. The van der Waals surface area contributed by atoms with Gasteiger partial charge in [0.2, 0.25) is 0 Å². The molecular formula is C19H22. The first-order valence-electron chi connectivity index (χ1n) is 7.32. The molecule has 0 atom stereocenters. The molecule has 0 heterocycles. The molecule has 0 radical (unpaired) electrons. The van der Waals surface area contributed by atoms with E-state index in [1.807, 2.05) is 0 Å². The zero-order valence-corrected chi connectivity index (χ0v) is 11.8. The first kappa shape index (κ1) is 12.5. The van der Waals surface area contributed by atoms with E-state index in [0.29, 0.717) is 0 Å². The Balaban J connectivity index is 2.21. The van der Waals surface area contributed by atoms with Crippen molar-refractivity contribution in [2.24, 2.45) is 0 Å². The summed E-state index contributed by atoms with van der Waals surface area (Å²) in [6.07, 6.45) is 8.83. The fraction of sp³-hybridized carbons (Fsp3) is 0.368. The molecule has 0 aliphatic heterocycles. The smallest absolute Gasteiger partial charge is 0.0215 e. The molecule has 98 valence electrons. The lowest BCUT2D eigenvalue weighted by molar-refractivity contribution is 0.353. The van der Waals surface area contributed by atoms with Crippen LogP contribution in [0.3, 0.4) is 0 Å². The molecule has 1 saturated carbocycles. The van der Waals surface area contributed by atoms with E-state index >= 15 is 0 Å². The molecule has 0 bridgehead atoms. The SMILES string of the molecule is C=C(C)/C=C1\C(=C)c2ccccc2C12CCCCC2. The van der Waals surface area contributed by atoms with Crippen molar-refractivity contribution in [3.8, 4) is 0 Å². The Morgan fingerprint density at radius 2 is 1.84 bits per heavy atom. The average Bonchev–Trinajstić information content (AvgIpc) is 2.63. The zero-order valence-electron chi connectivity index (χ0n) is 11.8. The first-order chi connectivity index (χ1) is 9.15. The molecule has 1 aromatic carbocycles. The van der Waals surface area contributed by atoms with E-state index in [9.17, 15) is 0 Å². The van der Waals surface area contributed by atoms with E-state index in [1.165, 1.54) is 54.4 Å². The highest BCUT2D eigenvalue weighted by atomic mass is 14.5. The summed E-state index contributed by atoms with van der Waals surface area (Å²) in [5.41, 5.74) is 6.88. The van der Waals surface area contributed by atoms with Crippen molar-refractivity contribution in [2.45, 2.75) is 44.4 Å². The van der Waals surface area contributed by atoms with Crippen molar-refractivity contribution in [2.75, 3.05) is 0 Å². The number of rotatable bonds is 1. The molecular weight excluding hydrogens is 228 g/mol. The largest absolute Gasteiger partial charge is 0.0961 e. The molecule has 1 aromatic rings. The number of benzene rings is 1. The minimum atomic E-state index is 0.227. The third kappa shape index (κ3) is 1.82. The van der Waals surface area contributed by atoms with Crippen molar-refractivity contribution >= 4 is 5.57 Å². The second-order valence-corrected chi connectivity index (χ2v) is 6.07. The van der Waals surface area contributed by atoms with Gasteiger partial charge in [-0.25, -0.2) is 0 Å². The lowest BCUT2D eigenvalue weighted by Crippen LogP contribution is -2.28. The Labute approximate surface area is 116 Å². The lowest BCUT2D eigenvalue weighted by Gasteiger charge is -2.36. The summed E-state index contributed by atoms with van der Waals surface area (Å²) in [5.74, 6) is 0. The van der Waals surface area contributed by atoms with Crippen LogP contribution in [0.5, 0.6) is 0 Å². The van der Waals surface area contributed by atoms with E-state index in [2.05, 4.69) is 50.4 Å². The normalized spacial score (nSPS) is 22.8. The van der Waals surface area contributed by atoms with E-state index in [-0.39, 0.29) is 5.41 Å². The van der Waals surface area contributed by atoms with Crippen LogP contribution in [0.4, 0.5) is 0 Å². The summed E-state index contributed by atoms with van der Waals surface area (Å²) >= 11 is 0. The number of allylic oxidation sites excluding steroid dienone is 4. The van der Waals surface area contributed by atoms with Gasteiger partial charge in [0.25, 0.3) is 0 Å². The average molecular weight is 250 g/mol. The molecule has 3 rings (SSSR count). The van der Waals surface area contributed by atoms with Crippen molar-refractivity contribution in [1.29, 1.82) is 0 Å². The summed E-state index contributed by atoms with van der Waals surface area (Å²) < 4.78 is 0. The van der Waals surface area contributed by atoms with Gasteiger partial charge in [-0.05, 0) is 42.0 Å². The zero-order chi connectivity index (χ0) is 13.5. The second kappa shape index (κ2) is 4.52. The van der Waals surface area contributed by atoms with Crippen LogP contribution in [0.25, 0.3) is 5.57 Å². The maximum atomic E-state index is 4.37. The molecule has 2 aliphatic rings. The van der Waals surface area contributed by atoms with Gasteiger partial charge in [0, 0.05) is 5.41 Å². The molecule has 0 saturated heterocycles. The van der Waals surface area contributed by atoms with Crippen LogP contribution < -0.4 is 0 Å². The van der Waals surface area contributed by atoms with Gasteiger partial charge in [-0.15, -0.1) is 0 Å². The van der Waals surface area contributed by atoms with Gasteiger partial charge in [-0.2, -0.15) is 0 Å². The molecule has 1 fully saturated rings. The topological polar surface area (TPSA) is 0 Å². The van der Waals surface area contributed by atoms with E-state index in [4.69, 9.17) is 0 Å². The number of hydrogen-bond donors (Lipinski definition) is 0. The van der Waals surface area contributed by atoms with Gasteiger partial charge in [0.1, 0.15) is 0 Å². The highest BCUT2D eigenvalue weighted by Crippen LogP contribution is 2.56. The first-order valence-corrected chi connectivity index (χ1v) is 7.32. The Morgan fingerprint density at radius 3 is 2.53 bits per heavy atom. The fourth-order valence-corrected chi connectivity index (χ4v) is 3.91. The Bertz CT molecular complexity index is 565. The Morgan fingerprint density at radius 1 is 1.16 bits per heavy atom. The third-order valence-electron chi connectivity index (χ3n) is 4.71. The highest BCUT2D eigenvalue weighted by molar-refractivity contribution is 5.89. The summed E-state index contributed by atoms with van der Waals surface area (Å²) in [6.45, 7) is 10.5. The third-order valence-corrected chi connectivity index (χ3v) is 4.71. The van der Waals surface area contributed by atoms with Crippen molar-refractivity contribution < 1.29 is 0 Å². The molecule has 2 aliphatic carbocycles. The molecule has 0 unspecified atom stereocenters. The minimum absolute atomic E-state index is 0.227. The van der Waals surface area contributed by atoms with Crippen molar-refractivity contribution in [3.05, 3.63) is 65.8 Å². The van der Waals surface area contributed by atoms with Gasteiger partial charge in [0.05, 0.1) is 0 Å². The van der Waals surface area contributed by atoms with Gasteiger partial charge in [-0.3, -0.25) is 0 Å². The maximum Gasteiger partial charge on any atom is 0.0215 e. The van der Waals surface area contributed by atoms with Gasteiger partial charge in [-0.1, -0.05) is 68.3 Å². The molecule has 19 heavy (non-hydrogen) atoms. The molecule has 1 spiro atoms. The summed E-state index contributed by atoms with van der Waals surface area (Å²) in [4.78, 5) is 0. The van der Waals surface area contributed by atoms with Gasteiger partial charge < -0.3 is 0 Å². The summed E-state index contributed by atoms with van der Waals surface area (Å²) in [5, 5.41) is 0. The fourth-order valence-electron chi connectivity index (χ4n) is 3.91. The van der Waals surface area contributed by atoms with Crippen molar-refractivity contribution in [1.82, 2.24) is 0 Å². The lowest BCUT2D eigenvalue weighted by atomic mass is 9.67. The van der Waals surface area contributed by atoms with Gasteiger partial charge in [0.15, 0.2) is 0 Å². The summed E-state index contributed by atoms with van der Waals surface area (Å²) in [7, 11) is 0. The monoisotopic (exact) mass is 250 g/mol. The van der Waals surface area contributed by atoms with Crippen LogP contribution in [0.1, 0.15) is 50.2 Å². The van der Waals surface area contributed by atoms with Crippen LogP contribution in [0, 0.1) is 0 Å². The van der Waals surface area contributed by atoms with Crippen LogP contribution in [0.2, 0.25) is 0 Å². The van der Waals surface area contributed by atoms with E-state index in [1.54, 1.807) is 0 Å². The quantitative estimate of drug-likeness (QED) is 0.624. The number of fused-ring (bicyclic) bond motifs is 2. The molecule has 0 aromatic heterocycles. The second-order valence-electron chi connectivity index (χ2n) is 6.07. The van der Waals surface area contributed by atoms with Crippen molar-refractivity contribution in [3.63, 3.8) is 0 Å². The predicted molar refractivity (Wildman–Crippen MR) is 83.1 cm³/mol. The summed E-state index contributed by atoms with van der Waals surface area (Å²) in [6, 6.07) is 8.84. The van der Waals surface area contributed by atoms with Crippen LogP contribution in [-0.2, 0) is 5.41 Å². The molecule has 0 nitrogen and oxygen atoms in total. The van der Waals surface area contributed by atoms with E-state index in [0.717, 1.165) is 5.57 Å². The van der Waals surface area contributed by atoms with Crippen LogP contribution in [-0.4, -0.2) is 0 Å². The maximum absolute atomic E-state index is 4.37. The van der Waals surface area contributed by atoms with Crippen LogP contribution >= 0.6 is 0 Å². The number of hydrogen-bond acceptors (Lipinski definition) is 0. The highest BCUT2D eigenvalue weighted by Gasteiger charge is 2.44. The Hall–Kier alpha value is -1.56. The van der Waals surface area contributed by atoms with Crippen LogP contribution in [0.15, 0.2) is 54.6 Å². The predicted octanol–water partition coefficient (Wildman–Crippen LogP) is 5.42. The molecule has 0 heteroatoms.